The van der Waals surface area contributed by atoms with Gasteiger partial charge >= 0.3 is 5.97 Å². The highest BCUT2D eigenvalue weighted by molar-refractivity contribution is 6.13. The van der Waals surface area contributed by atoms with Gasteiger partial charge in [-0.3, -0.25) is 15.1 Å². The van der Waals surface area contributed by atoms with Crippen molar-refractivity contribution in [3.63, 3.8) is 0 Å². The molecule has 3 rings (SSSR count). The summed E-state index contributed by atoms with van der Waals surface area (Å²) in [5.74, 6) is 0.130. The van der Waals surface area contributed by atoms with Crippen molar-refractivity contribution in [2.24, 2.45) is 5.16 Å². The van der Waals surface area contributed by atoms with Gasteiger partial charge in [-0.25, -0.2) is 4.79 Å². The molecule has 0 N–H and O–H groups in total. The number of benzene rings is 2. The number of rotatable bonds is 7. The van der Waals surface area contributed by atoms with Crippen molar-refractivity contribution in [2.45, 2.75) is 0 Å². The molecule has 0 saturated heterocycles. The van der Waals surface area contributed by atoms with E-state index in [9.17, 15) is 14.9 Å². The molecule has 1 heterocycles. The Morgan fingerprint density at radius 2 is 1.47 bits per heavy atom. The van der Waals surface area contributed by atoms with Crippen LogP contribution in [0.1, 0.15) is 21.5 Å². The fourth-order valence-electron chi connectivity index (χ4n) is 2.59. The monoisotopic (exact) mass is 407 g/mol. The summed E-state index contributed by atoms with van der Waals surface area (Å²) in [5, 5.41) is 14.9. The third-order valence-corrected chi connectivity index (χ3v) is 4.11. The number of hydrogen-bond acceptors (Lipinski definition) is 8. The molecule has 0 atom stereocenters. The summed E-state index contributed by atoms with van der Waals surface area (Å²) in [6.45, 7) is 0. The second kappa shape index (κ2) is 9.28. The first-order chi connectivity index (χ1) is 14.5. The summed E-state index contributed by atoms with van der Waals surface area (Å²) in [4.78, 5) is 32.1. The molecular weight excluding hydrogens is 390 g/mol. The summed E-state index contributed by atoms with van der Waals surface area (Å²) in [5.41, 5.74) is 1.59. The standard InChI is InChI=1S/C21H17N3O6/c1-28-18-11-16(12-19(13-18)29-2)21(25)30-23-20(15-7-9-22-10-8-15)14-3-5-17(6-4-14)24(26)27/h3-13H,1-2H3. The second-order valence-electron chi connectivity index (χ2n) is 5.96. The fraction of sp³-hybridized carbons (Fsp3) is 0.0952. The number of methoxy groups -OCH3 is 2. The first-order valence-electron chi connectivity index (χ1n) is 8.69. The minimum atomic E-state index is -0.722. The van der Waals surface area contributed by atoms with Gasteiger partial charge in [0.25, 0.3) is 5.69 Å². The molecule has 0 aliphatic rings. The lowest BCUT2D eigenvalue weighted by molar-refractivity contribution is -0.384. The number of oxime groups is 1. The fourth-order valence-corrected chi connectivity index (χ4v) is 2.59. The molecule has 0 amide bonds. The molecule has 0 fully saturated rings. The predicted molar refractivity (Wildman–Crippen MR) is 108 cm³/mol. The summed E-state index contributed by atoms with van der Waals surface area (Å²) in [6, 6.07) is 13.7. The van der Waals surface area contributed by atoms with Crippen molar-refractivity contribution in [1.29, 1.82) is 0 Å². The van der Waals surface area contributed by atoms with Gasteiger partial charge < -0.3 is 14.3 Å². The quantitative estimate of drug-likeness (QED) is 0.254. The lowest BCUT2D eigenvalue weighted by Crippen LogP contribution is -2.08. The zero-order chi connectivity index (χ0) is 21.5. The summed E-state index contributed by atoms with van der Waals surface area (Å²) in [7, 11) is 2.94. The number of non-ortho nitro benzene ring substituents is 1. The van der Waals surface area contributed by atoms with E-state index in [0.29, 0.717) is 28.3 Å². The maximum atomic E-state index is 12.5. The molecule has 9 heteroatoms. The minimum Gasteiger partial charge on any atom is -0.497 e. The van der Waals surface area contributed by atoms with Crippen LogP contribution in [0.15, 0.2) is 72.1 Å². The zero-order valence-corrected chi connectivity index (χ0v) is 16.1. The molecule has 0 bridgehead atoms. The van der Waals surface area contributed by atoms with E-state index in [1.165, 1.54) is 50.6 Å². The smallest absolute Gasteiger partial charge is 0.366 e. The third-order valence-electron chi connectivity index (χ3n) is 4.11. The highest BCUT2D eigenvalue weighted by Crippen LogP contribution is 2.23. The Kier molecular flexibility index (Phi) is 6.33. The van der Waals surface area contributed by atoms with Gasteiger partial charge in [-0.2, -0.15) is 0 Å². The molecule has 0 radical (unpaired) electrons. The van der Waals surface area contributed by atoms with Crippen LogP contribution in [0, 0.1) is 10.1 Å². The Morgan fingerprint density at radius 3 is 2.00 bits per heavy atom. The van der Waals surface area contributed by atoms with Gasteiger partial charge in [0.15, 0.2) is 0 Å². The highest BCUT2D eigenvalue weighted by atomic mass is 16.7. The molecule has 2 aromatic carbocycles. The lowest BCUT2D eigenvalue weighted by Gasteiger charge is -2.08. The van der Waals surface area contributed by atoms with E-state index in [1.54, 1.807) is 30.6 Å². The number of ether oxygens (including phenoxy) is 2. The Balaban J connectivity index is 1.94. The number of nitro groups is 1. The van der Waals surface area contributed by atoms with Crippen LogP contribution >= 0.6 is 0 Å². The van der Waals surface area contributed by atoms with E-state index in [-0.39, 0.29) is 11.3 Å². The third kappa shape index (κ3) is 4.76. The van der Waals surface area contributed by atoms with Gasteiger partial charge in [0.2, 0.25) is 0 Å². The van der Waals surface area contributed by atoms with E-state index in [2.05, 4.69) is 10.1 Å². The number of carbonyl (C=O) groups is 1. The van der Waals surface area contributed by atoms with Crippen molar-refractivity contribution in [2.75, 3.05) is 14.2 Å². The van der Waals surface area contributed by atoms with Crippen LogP contribution in [-0.2, 0) is 4.84 Å². The van der Waals surface area contributed by atoms with Crippen molar-refractivity contribution >= 4 is 17.4 Å². The Morgan fingerprint density at radius 1 is 0.900 bits per heavy atom. The van der Waals surface area contributed by atoms with E-state index in [1.807, 2.05) is 0 Å². The van der Waals surface area contributed by atoms with E-state index in [4.69, 9.17) is 14.3 Å². The topological polar surface area (TPSA) is 113 Å². The highest BCUT2D eigenvalue weighted by Gasteiger charge is 2.15. The number of aromatic nitrogens is 1. The van der Waals surface area contributed by atoms with Crippen LogP contribution < -0.4 is 9.47 Å². The molecule has 9 nitrogen and oxygen atoms in total. The number of hydrogen-bond donors (Lipinski definition) is 0. The maximum Gasteiger partial charge on any atom is 0.366 e. The molecule has 30 heavy (non-hydrogen) atoms. The minimum absolute atomic E-state index is 0.0618. The normalized spacial score (nSPS) is 10.9. The lowest BCUT2D eigenvalue weighted by atomic mass is 10.0. The van der Waals surface area contributed by atoms with Gasteiger partial charge in [-0.1, -0.05) is 5.16 Å². The molecule has 0 unspecified atom stereocenters. The Hall–Kier alpha value is -4.27. The van der Waals surface area contributed by atoms with E-state index < -0.39 is 10.9 Å². The van der Waals surface area contributed by atoms with Crippen LogP contribution in [0.25, 0.3) is 0 Å². The summed E-state index contributed by atoms with van der Waals surface area (Å²) in [6.07, 6.45) is 3.12. The van der Waals surface area contributed by atoms with Crippen molar-refractivity contribution < 1.29 is 24.0 Å². The van der Waals surface area contributed by atoms with Crippen LogP contribution in [0.4, 0.5) is 5.69 Å². The first-order valence-corrected chi connectivity index (χ1v) is 8.69. The summed E-state index contributed by atoms with van der Waals surface area (Å²) >= 11 is 0. The van der Waals surface area contributed by atoms with Crippen molar-refractivity contribution in [3.05, 3.63) is 93.8 Å². The van der Waals surface area contributed by atoms with Gasteiger partial charge in [0.05, 0.1) is 24.7 Å². The predicted octanol–water partition coefficient (Wildman–Crippen LogP) is 3.62. The molecule has 3 aromatic rings. The van der Waals surface area contributed by atoms with E-state index >= 15 is 0 Å². The average Bonchev–Trinajstić information content (AvgIpc) is 2.79. The number of pyridine rings is 1. The first kappa shape index (κ1) is 20.5. The summed E-state index contributed by atoms with van der Waals surface area (Å²) < 4.78 is 10.3. The van der Waals surface area contributed by atoms with Crippen LogP contribution in [0.2, 0.25) is 0 Å². The SMILES string of the molecule is COc1cc(OC)cc(C(=O)ON=C(c2ccncc2)c2ccc([N+](=O)[O-])cc2)c1. The van der Waals surface area contributed by atoms with Gasteiger partial charge in [0, 0.05) is 41.7 Å². The number of nitro benzene ring substituents is 1. The molecule has 0 spiro atoms. The zero-order valence-electron chi connectivity index (χ0n) is 16.1. The van der Waals surface area contributed by atoms with E-state index in [0.717, 1.165) is 0 Å². The molecule has 0 saturated carbocycles. The number of nitrogens with zero attached hydrogens (tertiary/aromatic N) is 3. The second-order valence-corrected chi connectivity index (χ2v) is 5.96. The van der Waals surface area contributed by atoms with Gasteiger partial charge in [-0.15, -0.1) is 0 Å². The van der Waals surface area contributed by atoms with Crippen LogP contribution in [-0.4, -0.2) is 35.8 Å². The van der Waals surface area contributed by atoms with Crippen molar-refractivity contribution in [1.82, 2.24) is 4.98 Å². The van der Waals surface area contributed by atoms with Gasteiger partial charge in [-0.05, 0) is 36.4 Å². The number of carbonyl (C=O) groups excluding carboxylic acids is 1. The Labute approximate surface area is 171 Å². The molecular formula is C21H17N3O6. The van der Waals surface area contributed by atoms with Crippen LogP contribution in [0.3, 0.4) is 0 Å². The molecule has 1 aromatic heterocycles. The molecule has 0 aliphatic heterocycles. The average molecular weight is 407 g/mol. The maximum absolute atomic E-state index is 12.5. The van der Waals surface area contributed by atoms with Gasteiger partial charge in [0.1, 0.15) is 17.2 Å². The molecule has 0 aliphatic carbocycles. The Bertz CT molecular complexity index is 1060. The largest absolute Gasteiger partial charge is 0.497 e. The van der Waals surface area contributed by atoms with Crippen LogP contribution in [0.5, 0.6) is 11.5 Å². The van der Waals surface area contributed by atoms with Crippen molar-refractivity contribution in [3.8, 4) is 11.5 Å². The molecule has 152 valence electrons.